The van der Waals surface area contributed by atoms with Gasteiger partial charge >= 0.3 is 0 Å². The lowest BCUT2D eigenvalue weighted by molar-refractivity contribution is -0.384. The zero-order valence-electron chi connectivity index (χ0n) is 21.7. The first-order valence-electron chi connectivity index (χ1n) is 13.1. The Labute approximate surface area is 233 Å². The highest BCUT2D eigenvalue weighted by atomic mass is 16.6. The summed E-state index contributed by atoms with van der Waals surface area (Å²) < 4.78 is 6.61. The summed E-state index contributed by atoms with van der Waals surface area (Å²) in [7, 11) is 0. The smallest absolute Gasteiger partial charge is 0.269 e. The lowest BCUT2D eigenvalue weighted by atomic mass is 9.60. The van der Waals surface area contributed by atoms with Crippen molar-refractivity contribution in [2.75, 3.05) is 0 Å². The van der Waals surface area contributed by atoms with Crippen molar-refractivity contribution in [3.8, 4) is 0 Å². The number of Topliss-reactive ketones (excluding diaryl/α,β-unsaturated/α-hetero) is 4. The molecule has 2 spiro atoms. The minimum Gasteiger partial charge on any atom is -0.348 e. The second-order valence-electron chi connectivity index (χ2n) is 10.7. The quantitative estimate of drug-likeness (QED) is 0.186. The molecule has 1 heterocycles. The Morgan fingerprint density at radius 1 is 0.659 bits per heavy atom. The molecule has 0 amide bonds. The standard InChI is InChI=1S/C33H21NO7/c1-18-13-15-19(16-14-18)31-32(27(35)22-9-2-3-10-23(22)28(32)36)26(20-7-6-8-21(17-20)34(39)40)33(41-31)29(37)24-11-4-5-12-25(24)30(33)38/h2-17,26,31H,1H3. The molecule has 0 radical (unpaired) electrons. The molecule has 2 unspecified atom stereocenters. The minimum atomic E-state index is -2.30. The van der Waals surface area contributed by atoms with Crippen LogP contribution in [0.25, 0.3) is 0 Å². The molecular weight excluding hydrogens is 522 g/mol. The molecule has 4 aromatic carbocycles. The molecule has 1 aliphatic heterocycles. The number of ketones is 4. The van der Waals surface area contributed by atoms with Crippen molar-refractivity contribution in [2.24, 2.45) is 5.41 Å². The van der Waals surface area contributed by atoms with Crippen molar-refractivity contribution < 1.29 is 28.8 Å². The normalized spacial score (nSPS) is 21.5. The maximum absolute atomic E-state index is 14.7. The van der Waals surface area contributed by atoms with E-state index in [9.17, 15) is 29.3 Å². The van der Waals surface area contributed by atoms with Gasteiger partial charge in [0.1, 0.15) is 11.5 Å². The van der Waals surface area contributed by atoms with Gasteiger partial charge in [-0.05, 0) is 18.1 Å². The first kappa shape index (κ1) is 24.9. The predicted octanol–water partition coefficient (Wildman–Crippen LogP) is 5.64. The Hall–Kier alpha value is -5.08. The van der Waals surface area contributed by atoms with Crippen LogP contribution < -0.4 is 0 Å². The summed E-state index contributed by atoms with van der Waals surface area (Å²) in [5.41, 5.74) is -2.68. The van der Waals surface area contributed by atoms with Gasteiger partial charge in [-0.15, -0.1) is 0 Å². The SMILES string of the molecule is Cc1ccc(C2OC3(C(=O)c4ccccc4C3=O)C(c3cccc([N+](=O)[O-])c3)C23C(=O)c2ccccc2C3=O)cc1. The van der Waals surface area contributed by atoms with Crippen LogP contribution in [0.3, 0.4) is 0 Å². The van der Waals surface area contributed by atoms with Crippen LogP contribution in [0.4, 0.5) is 5.69 Å². The number of aryl methyl sites for hydroxylation is 1. The van der Waals surface area contributed by atoms with Crippen LogP contribution in [0, 0.1) is 22.5 Å². The van der Waals surface area contributed by atoms with Crippen molar-refractivity contribution in [1.29, 1.82) is 0 Å². The fraction of sp³-hybridized carbons (Fsp3) is 0.152. The maximum Gasteiger partial charge on any atom is 0.269 e. The number of fused-ring (bicyclic) bond motifs is 2. The first-order valence-corrected chi connectivity index (χ1v) is 13.1. The number of nitro benzene ring substituents is 1. The molecule has 4 aromatic rings. The van der Waals surface area contributed by atoms with Crippen LogP contribution >= 0.6 is 0 Å². The zero-order valence-corrected chi connectivity index (χ0v) is 21.7. The molecule has 0 N–H and O–H groups in total. The van der Waals surface area contributed by atoms with Gasteiger partial charge in [0.05, 0.1) is 10.8 Å². The molecule has 2 aliphatic carbocycles. The van der Waals surface area contributed by atoms with Crippen molar-refractivity contribution in [3.05, 3.63) is 146 Å². The molecule has 0 bridgehead atoms. The second-order valence-corrected chi connectivity index (χ2v) is 10.7. The molecule has 41 heavy (non-hydrogen) atoms. The van der Waals surface area contributed by atoms with Gasteiger partial charge in [-0.25, -0.2) is 0 Å². The second kappa shape index (κ2) is 8.46. The van der Waals surface area contributed by atoms with Crippen molar-refractivity contribution in [3.63, 3.8) is 0 Å². The summed E-state index contributed by atoms with van der Waals surface area (Å²) in [6.45, 7) is 1.88. The van der Waals surface area contributed by atoms with Crippen LogP contribution in [0.15, 0.2) is 97.1 Å². The molecule has 1 saturated heterocycles. The van der Waals surface area contributed by atoms with E-state index in [1.165, 1.54) is 36.4 Å². The summed E-state index contributed by atoms with van der Waals surface area (Å²) in [5, 5.41) is 11.8. The molecule has 2 atom stereocenters. The summed E-state index contributed by atoms with van der Waals surface area (Å²) >= 11 is 0. The largest absolute Gasteiger partial charge is 0.348 e. The number of hydrogen-bond donors (Lipinski definition) is 0. The van der Waals surface area contributed by atoms with E-state index in [2.05, 4.69) is 0 Å². The molecular formula is C33H21NO7. The summed E-state index contributed by atoms with van der Waals surface area (Å²) in [6, 6.07) is 25.1. The fourth-order valence-corrected chi connectivity index (χ4v) is 6.89. The third-order valence-corrected chi connectivity index (χ3v) is 8.63. The number of nitrogens with zero attached hydrogens (tertiary/aromatic N) is 1. The van der Waals surface area contributed by atoms with Crippen LogP contribution in [0.5, 0.6) is 0 Å². The van der Waals surface area contributed by atoms with E-state index < -0.39 is 51.1 Å². The van der Waals surface area contributed by atoms with Gasteiger partial charge in [-0.1, -0.05) is 90.5 Å². The maximum atomic E-state index is 14.7. The number of carbonyl (C=O) groups is 4. The van der Waals surface area contributed by atoms with Gasteiger partial charge < -0.3 is 4.74 Å². The number of benzene rings is 4. The van der Waals surface area contributed by atoms with E-state index in [0.717, 1.165) is 5.56 Å². The minimum absolute atomic E-state index is 0.114. The van der Waals surface area contributed by atoms with Crippen molar-refractivity contribution >= 4 is 28.8 Å². The highest BCUT2D eigenvalue weighted by Gasteiger charge is 2.79. The molecule has 7 rings (SSSR count). The third-order valence-electron chi connectivity index (χ3n) is 8.63. The highest BCUT2D eigenvalue weighted by molar-refractivity contribution is 6.37. The molecule has 0 saturated carbocycles. The molecule has 8 heteroatoms. The fourth-order valence-electron chi connectivity index (χ4n) is 6.89. The third kappa shape index (κ3) is 3.02. The lowest BCUT2D eigenvalue weighted by Crippen LogP contribution is -2.51. The van der Waals surface area contributed by atoms with Crippen molar-refractivity contribution in [1.82, 2.24) is 0 Å². The lowest BCUT2D eigenvalue weighted by Gasteiger charge is -2.34. The Balaban J connectivity index is 1.60. The van der Waals surface area contributed by atoms with Gasteiger partial charge in [0.25, 0.3) is 5.69 Å². The van der Waals surface area contributed by atoms with E-state index in [1.807, 2.05) is 6.92 Å². The highest BCUT2D eigenvalue weighted by Crippen LogP contribution is 2.68. The Morgan fingerprint density at radius 3 is 1.68 bits per heavy atom. The summed E-state index contributed by atoms with van der Waals surface area (Å²) in [6.07, 6.45) is -1.33. The van der Waals surface area contributed by atoms with Gasteiger partial charge in [0.2, 0.25) is 17.2 Å². The molecule has 0 aromatic heterocycles. The zero-order chi connectivity index (χ0) is 28.7. The Morgan fingerprint density at radius 2 is 1.17 bits per heavy atom. The molecule has 1 fully saturated rings. The van der Waals surface area contributed by atoms with E-state index in [-0.39, 0.29) is 33.5 Å². The topological polar surface area (TPSA) is 121 Å². The number of hydrogen-bond acceptors (Lipinski definition) is 7. The predicted molar refractivity (Wildman–Crippen MR) is 146 cm³/mol. The number of ether oxygens (including phenoxy) is 1. The van der Waals surface area contributed by atoms with Crippen LogP contribution in [0.2, 0.25) is 0 Å². The van der Waals surface area contributed by atoms with E-state index in [0.29, 0.717) is 5.56 Å². The first-order chi connectivity index (χ1) is 19.7. The average Bonchev–Trinajstić information content (AvgIpc) is 3.51. The summed E-state index contributed by atoms with van der Waals surface area (Å²) in [5.74, 6) is -4.02. The number of rotatable bonds is 3. The average molecular weight is 544 g/mol. The Bertz CT molecular complexity index is 1790. The van der Waals surface area contributed by atoms with E-state index >= 15 is 0 Å². The monoisotopic (exact) mass is 543 g/mol. The van der Waals surface area contributed by atoms with Crippen LogP contribution in [-0.4, -0.2) is 33.7 Å². The van der Waals surface area contributed by atoms with E-state index in [1.54, 1.807) is 60.7 Å². The van der Waals surface area contributed by atoms with Gasteiger partial charge in [-0.2, -0.15) is 0 Å². The molecule has 200 valence electrons. The Kier molecular flexibility index (Phi) is 5.14. The van der Waals surface area contributed by atoms with Crippen LogP contribution in [-0.2, 0) is 4.74 Å². The van der Waals surface area contributed by atoms with E-state index in [4.69, 9.17) is 4.74 Å². The molecule has 3 aliphatic rings. The van der Waals surface area contributed by atoms with Crippen LogP contribution in [0.1, 0.15) is 70.1 Å². The summed E-state index contributed by atoms with van der Waals surface area (Å²) in [4.78, 5) is 69.3. The van der Waals surface area contributed by atoms with Gasteiger partial charge in [0, 0.05) is 34.4 Å². The number of carbonyl (C=O) groups excluding carboxylic acids is 4. The van der Waals surface area contributed by atoms with Gasteiger partial charge in [0.15, 0.2) is 11.6 Å². The van der Waals surface area contributed by atoms with Crippen molar-refractivity contribution in [2.45, 2.75) is 24.5 Å². The number of nitro groups is 1. The molecule has 8 nitrogen and oxygen atoms in total. The van der Waals surface area contributed by atoms with Gasteiger partial charge in [-0.3, -0.25) is 29.3 Å². The number of non-ortho nitro benzene ring substituents is 1.